The molecule has 0 unspecified atom stereocenters. The minimum atomic E-state index is -2.15. The van der Waals surface area contributed by atoms with Gasteiger partial charge in [-0.15, -0.1) is 11.3 Å². The molecule has 0 fully saturated rings. The summed E-state index contributed by atoms with van der Waals surface area (Å²) in [5.41, 5.74) is 5.31. The maximum Gasteiger partial charge on any atom is 0.186 e. The number of nitriles is 1. The number of pyridine rings is 1. The van der Waals surface area contributed by atoms with Gasteiger partial charge in [-0.3, -0.25) is 9.71 Å². The molecule has 4 aromatic rings. The Morgan fingerprint density at radius 3 is 2.39 bits per heavy atom. The van der Waals surface area contributed by atoms with Crippen LogP contribution in [0.25, 0.3) is 0 Å². The summed E-state index contributed by atoms with van der Waals surface area (Å²) in [6.45, 7) is 3.70. The second-order valence-corrected chi connectivity index (χ2v) is 17.3. The van der Waals surface area contributed by atoms with Gasteiger partial charge >= 0.3 is 0 Å². The lowest BCUT2D eigenvalue weighted by molar-refractivity contribution is 0.778. The van der Waals surface area contributed by atoms with Crippen LogP contribution in [-0.4, -0.2) is 41.4 Å². The van der Waals surface area contributed by atoms with Crippen molar-refractivity contribution in [2.75, 3.05) is 31.0 Å². The summed E-state index contributed by atoms with van der Waals surface area (Å²) in [6.07, 6.45) is 9.25. The Labute approximate surface area is 235 Å². The van der Waals surface area contributed by atoms with Crippen LogP contribution in [0.5, 0.6) is 0 Å². The van der Waals surface area contributed by atoms with E-state index < -0.39 is 8.94 Å². The van der Waals surface area contributed by atoms with Crippen molar-refractivity contribution in [3.8, 4) is 6.07 Å². The number of halogens is 1. The molecule has 0 radical (unpaired) electrons. The van der Waals surface area contributed by atoms with Crippen LogP contribution in [0.15, 0.2) is 73.1 Å². The molecule has 0 aliphatic rings. The van der Waals surface area contributed by atoms with E-state index in [0.29, 0.717) is 5.56 Å². The molecule has 0 aliphatic carbocycles. The largest absolute Gasteiger partial charge is 0.343 e. The van der Waals surface area contributed by atoms with E-state index in [1.807, 2.05) is 61.9 Å². The van der Waals surface area contributed by atoms with Crippen molar-refractivity contribution < 1.29 is 0 Å². The molecule has 0 aliphatic heterocycles. The van der Waals surface area contributed by atoms with Crippen LogP contribution in [0.4, 0.5) is 5.13 Å². The third kappa shape index (κ3) is 7.30. The number of thiazole rings is 1. The van der Waals surface area contributed by atoms with Crippen LogP contribution in [0, 0.1) is 18.3 Å². The van der Waals surface area contributed by atoms with Gasteiger partial charge in [0.15, 0.2) is 5.13 Å². The molecule has 0 bridgehead atoms. The van der Waals surface area contributed by atoms with Gasteiger partial charge in [0.2, 0.25) is 0 Å². The molecular formula is C30H34ClN5S2. The van der Waals surface area contributed by atoms with E-state index in [4.69, 9.17) is 21.8 Å². The molecule has 5 nitrogen and oxygen atoms in total. The first kappa shape index (κ1) is 28.0. The maximum atomic E-state index is 9.12. The number of aryl methyl sites for hydroxylation is 1. The van der Waals surface area contributed by atoms with Crippen LogP contribution in [0.1, 0.15) is 32.8 Å². The van der Waals surface area contributed by atoms with Gasteiger partial charge in [0.1, 0.15) is 0 Å². The van der Waals surface area contributed by atoms with Crippen molar-refractivity contribution in [2.24, 2.45) is 0 Å². The van der Waals surface area contributed by atoms with Crippen LogP contribution >= 0.6 is 31.9 Å². The molecule has 0 amide bonds. The number of hydrogen-bond donors (Lipinski definition) is 1. The highest BCUT2D eigenvalue weighted by atomic mass is 35.5. The molecule has 2 aromatic carbocycles. The fourth-order valence-electron chi connectivity index (χ4n) is 4.23. The summed E-state index contributed by atoms with van der Waals surface area (Å²) >= 11 is 7.88. The third-order valence-corrected chi connectivity index (χ3v) is 11.5. The molecule has 198 valence electrons. The summed E-state index contributed by atoms with van der Waals surface area (Å²) in [7, 11) is -0.104. The van der Waals surface area contributed by atoms with E-state index >= 15 is 0 Å². The minimum absolute atomic E-state index is 0.679. The Hall–Kier alpha value is -3.02. The molecule has 8 heteroatoms. The van der Waals surface area contributed by atoms with Gasteiger partial charge < -0.3 is 4.90 Å². The molecular weight excluding hydrogens is 530 g/mol. The van der Waals surface area contributed by atoms with E-state index in [9.17, 15) is 0 Å². The highest BCUT2D eigenvalue weighted by Gasteiger charge is 2.23. The zero-order valence-electron chi connectivity index (χ0n) is 22.3. The number of anilines is 1. The Kier molecular flexibility index (Phi) is 8.69. The Balaban J connectivity index is 1.65. The first-order chi connectivity index (χ1) is 18.2. The number of aromatic nitrogens is 2. The molecule has 0 spiro atoms. The lowest BCUT2D eigenvalue weighted by Gasteiger charge is -2.42. The van der Waals surface area contributed by atoms with Crippen molar-refractivity contribution in [1.82, 2.24) is 14.7 Å². The van der Waals surface area contributed by atoms with Crippen molar-refractivity contribution in [3.05, 3.63) is 111 Å². The Bertz CT molecular complexity index is 1480. The highest BCUT2D eigenvalue weighted by Crippen LogP contribution is 2.50. The average molecular weight is 564 g/mol. The lowest BCUT2D eigenvalue weighted by Crippen LogP contribution is -2.26. The van der Waals surface area contributed by atoms with Crippen molar-refractivity contribution >= 4 is 42.4 Å². The second kappa shape index (κ2) is 11.8. The fourth-order valence-corrected chi connectivity index (χ4v) is 7.83. The minimum Gasteiger partial charge on any atom is -0.343 e. The van der Waals surface area contributed by atoms with E-state index in [2.05, 4.69) is 63.7 Å². The van der Waals surface area contributed by atoms with Crippen LogP contribution in [0.3, 0.4) is 0 Å². The predicted octanol–water partition coefficient (Wildman–Crippen LogP) is 6.71. The molecule has 38 heavy (non-hydrogen) atoms. The molecule has 2 heterocycles. The van der Waals surface area contributed by atoms with E-state index in [-0.39, 0.29) is 0 Å². The summed E-state index contributed by atoms with van der Waals surface area (Å²) in [6, 6.07) is 22.2. The van der Waals surface area contributed by atoms with E-state index in [1.54, 1.807) is 11.3 Å². The van der Waals surface area contributed by atoms with Crippen molar-refractivity contribution in [1.29, 1.82) is 5.26 Å². The SMILES string of the molecule is CNS(C)(C)(=Cc1nc(N(CCc2ccc(C#N)cc2)Cc2ccc(Cl)cc2)sc1C)Cc1cccnc1. The highest BCUT2D eigenvalue weighted by molar-refractivity contribution is 8.44. The van der Waals surface area contributed by atoms with Crippen LogP contribution in [-0.2, 0) is 18.7 Å². The van der Waals surface area contributed by atoms with Gasteiger partial charge in [-0.05, 0) is 85.3 Å². The van der Waals surface area contributed by atoms with Gasteiger partial charge in [-0.1, -0.05) is 41.9 Å². The Morgan fingerprint density at radius 2 is 1.76 bits per heavy atom. The first-order valence-electron chi connectivity index (χ1n) is 12.4. The molecule has 4 rings (SSSR count). The molecule has 0 saturated heterocycles. The molecule has 0 atom stereocenters. The fraction of sp³-hybridized carbons (Fsp3) is 0.267. The van der Waals surface area contributed by atoms with Gasteiger partial charge in [0, 0.05) is 41.1 Å². The van der Waals surface area contributed by atoms with Crippen LogP contribution < -0.4 is 9.62 Å². The van der Waals surface area contributed by atoms with E-state index in [1.165, 1.54) is 21.6 Å². The first-order valence-corrected chi connectivity index (χ1v) is 16.7. The number of nitrogens with one attached hydrogen (secondary N) is 1. The van der Waals surface area contributed by atoms with E-state index in [0.717, 1.165) is 41.1 Å². The second-order valence-electron chi connectivity index (χ2n) is 10.2. The number of benzene rings is 2. The quantitative estimate of drug-likeness (QED) is 0.217. The number of nitrogens with zero attached hydrogens (tertiary/aromatic N) is 4. The predicted molar refractivity (Wildman–Crippen MR) is 166 cm³/mol. The zero-order valence-corrected chi connectivity index (χ0v) is 24.7. The van der Waals surface area contributed by atoms with Gasteiger partial charge in [-0.25, -0.2) is 13.9 Å². The summed E-state index contributed by atoms with van der Waals surface area (Å²) in [5, 5.41) is 13.2. The normalized spacial score (nSPS) is 12.4. The lowest BCUT2D eigenvalue weighted by atomic mass is 10.1. The van der Waals surface area contributed by atoms with Crippen LogP contribution in [0.2, 0.25) is 5.02 Å². The standard InChI is InChI=1S/C30H34ClN5S2/c1-23-29(22-38(3,4,33-2)21-27-6-5-16-34-19-27)35-30(37-23)36(20-26-11-13-28(31)14-12-26)17-15-24-7-9-25(18-32)10-8-24/h5-14,16,19,22,33H,15,17,20-21H2,1-4H3. The molecule has 1 N–H and O–H groups in total. The van der Waals surface area contributed by atoms with Gasteiger partial charge in [0.25, 0.3) is 0 Å². The summed E-state index contributed by atoms with van der Waals surface area (Å²) in [4.78, 5) is 13.0. The smallest absolute Gasteiger partial charge is 0.186 e. The molecule has 2 aromatic heterocycles. The van der Waals surface area contributed by atoms with Gasteiger partial charge in [-0.2, -0.15) is 5.26 Å². The summed E-state index contributed by atoms with van der Waals surface area (Å²) in [5.74, 6) is 0.890. The van der Waals surface area contributed by atoms with Crippen molar-refractivity contribution in [3.63, 3.8) is 0 Å². The monoisotopic (exact) mass is 563 g/mol. The maximum absolute atomic E-state index is 9.12. The average Bonchev–Trinajstić information content (AvgIpc) is 3.27. The molecule has 0 saturated carbocycles. The van der Waals surface area contributed by atoms with Crippen molar-refractivity contribution in [2.45, 2.75) is 25.6 Å². The number of rotatable bonds is 10. The zero-order chi connectivity index (χ0) is 27.2. The Morgan fingerprint density at radius 1 is 1.05 bits per heavy atom. The third-order valence-electron chi connectivity index (χ3n) is 6.63. The topological polar surface area (TPSA) is 64.8 Å². The summed E-state index contributed by atoms with van der Waals surface area (Å²) < 4.78 is 3.66. The number of hydrogen-bond acceptors (Lipinski definition) is 6. The van der Waals surface area contributed by atoms with Gasteiger partial charge in [0.05, 0.1) is 17.3 Å².